The molecule has 0 saturated heterocycles. The molecule has 2 aromatic rings. The Bertz CT molecular complexity index is 442. The maximum absolute atomic E-state index is 10.3. The van der Waals surface area contributed by atoms with E-state index < -0.39 is 0 Å². The van der Waals surface area contributed by atoms with E-state index >= 15 is 0 Å². The maximum Gasteiger partial charge on any atom is 0.198 e. The SMILES string of the molecule is O=[C]CCCCN(c1ccccc1)c1ccccc1. The summed E-state index contributed by atoms with van der Waals surface area (Å²) in [5.74, 6) is 0. The van der Waals surface area contributed by atoms with E-state index in [2.05, 4.69) is 29.2 Å². The van der Waals surface area contributed by atoms with Crippen molar-refractivity contribution in [3.05, 3.63) is 60.7 Å². The Morgan fingerprint density at radius 2 is 1.32 bits per heavy atom. The molecule has 0 N–H and O–H groups in total. The van der Waals surface area contributed by atoms with Gasteiger partial charge in [-0.2, -0.15) is 0 Å². The summed E-state index contributed by atoms with van der Waals surface area (Å²) in [6.07, 6.45) is 4.35. The first kappa shape index (κ1) is 13.3. The second kappa shape index (κ2) is 7.37. The van der Waals surface area contributed by atoms with Gasteiger partial charge < -0.3 is 4.90 Å². The van der Waals surface area contributed by atoms with E-state index in [4.69, 9.17) is 0 Å². The van der Waals surface area contributed by atoms with Crippen molar-refractivity contribution in [1.82, 2.24) is 0 Å². The average molecular weight is 252 g/mol. The van der Waals surface area contributed by atoms with Gasteiger partial charge in [0.15, 0.2) is 6.29 Å². The van der Waals surface area contributed by atoms with Gasteiger partial charge in [0, 0.05) is 24.3 Å². The fourth-order valence-electron chi connectivity index (χ4n) is 2.09. The number of carbonyl (C=O) groups excluding carboxylic acids is 1. The molecule has 0 amide bonds. The maximum atomic E-state index is 10.3. The highest BCUT2D eigenvalue weighted by Crippen LogP contribution is 2.25. The van der Waals surface area contributed by atoms with E-state index in [0.29, 0.717) is 6.42 Å². The van der Waals surface area contributed by atoms with Crippen molar-refractivity contribution in [2.24, 2.45) is 0 Å². The van der Waals surface area contributed by atoms with Gasteiger partial charge in [-0.15, -0.1) is 0 Å². The summed E-state index contributed by atoms with van der Waals surface area (Å²) in [6.45, 7) is 0.912. The predicted octanol–water partition coefficient (Wildman–Crippen LogP) is 4.10. The summed E-state index contributed by atoms with van der Waals surface area (Å²) >= 11 is 0. The molecule has 2 aromatic carbocycles. The van der Waals surface area contributed by atoms with Gasteiger partial charge in [0.2, 0.25) is 0 Å². The van der Waals surface area contributed by atoms with Crippen molar-refractivity contribution in [2.45, 2.75) is 19.3 Å². The number of para-hydroxylation sites is 2. The van der Waals surface area contributed by atoms with Gasteiger partial charge in [0.25, 0.3) is 0 Å². The molecule has 0 aromatic heterocycles. The molecule has 0 fully saturated rings. The molecular weight excluding hydrogens is 234 g/mol. The van der Waals surface area contributed by atoms with Crippen LogP contribution < -0.4 is 4.90 Å². The summed E-state index contributed by atoms with van der Waals surface area (Å²) < 4.78 is 0. The van der Waals surface area contributed by atoms with Crippen LogP contribution in [0.4, 0.5) is 11.4 Å². The zero-order valence-corrected chi connectivity index (χ0v) is 11.0. The third-order valence-electron chi connectivity index (χ3n) is 3.05. The van der Waals surface area contributed by atoms with Crippen LogP contribution in [0, 0.1) is 0 Å². The van der Waals surface area contributed by atoms with Crippen LogP contribution in [0.15, 0.2) is 60.7 Å². The average Bonchev–Trinajstić information content (AvgIpc) is 2.49. The molecule has 0 saturated carbocycles. The Labute approximate surface area is 114 Å². The molecule has 97 valence electrons. The van der Waals surface area contributed by atoms with Crippen molar-refractivity contribution in [2.75, 3.05) is 11.4 Å². The van der Waals surface area contributed by atoms with Gasteiger partial charge in [-0.05, 0) is 37.1 Å². The first-order valence-corrected chi connectivity index (χ1v) is 6.64. The second-order valence-corrected chi connectivity index (χ2v) is 4.42. The molecule has 0 heterocycles. The summed E-state index contributed by atoms with van der Waals surface area (Å²) in [6, 6.07) is 20.7. The molecule has 2 rings (SSSR count). The van der Waals surface area contributed by atoms with Crippen LogP contribution in [-0.4, -0.2) is 12.8 Å². The van der Waals surface area contributed by atoms with Crippen LogP contribution in [0.5, 0.6) is 0 Å². The molecule has 0 spiro atoms. The van der Waals surface area contributed by atoms with Gasteiger partial charge in [-0.1, -0.05) is 36.4 Å². The number of benzene rings is 2. The highest BCUT2D eigenvalue weighted by Gasteiger charge is 2.07. The van der Waals surface area contributed by atoms with Gasteiger partial charge in [0.1, 0.15) is 0 Å². The quantitative estimate of drug-likeness (QED) is 0.691. The number of hydrogen-bond acceptors (Lipinski definition) is 2. The molecular formula is C17H18NO. The smallest absolute Gasteiger partial charge is 0.198 e. The molecule has 2 heteroatoms. The number of anilines is 2. The Morgan fingerprint density at radius 1 is 0.789 bits per heavy atom. The largest absolute Gasteiger partial charge is 0.341 e. The van der Waals surface area contributed by atoms with Crippen LogP contribution in [0.25, 0.3) is 0 Å². The standard InChI is InChI=1S/C17H18NO/c19-15-9-3-8-14-18(16-10-4-1-5-11-16)17-12-6-2-7-13-17/h1-2,4-7,10-13H,3,8-9,14H2. The zero-order chi connectivity index (χ0) is 13.3. The van der Waals surface area contributed by atoms with E-state index in [1.807, 2.05) is 42.7 Å². The van der Waals surface area contributed by atoms with Crippen LogP contribution in [0.3, 0.4) is 0 Å². The lowest BCUT2D eigenvalue weighted by Crippen LogP contribution is -2.18. The van der Waals surface area contributed by atoms with Gasteiger partial charge in [0.05, 0.1) is 0 Å². The van der Waals surface area contributed by atoms with E-state index in [9.17, 15) is 4.79 Å². The summed E-state index contributed by atoms with van der Waals surface area (Å²) in [5, 5.41) is 0. The van der Waals surface area contributed by atoms with Crippen molar-refractivity contribution >= 4 is 17.7 Å². The van der Waals surface area contributed by atoms with Gasteiger partial charge >= 0.3 is 0 Å². The first-order chi connectivity index (χ1) is 9.42. The zero-order valence-electron chi connectivity index (χ0n) is 11.0. The summed E-state index contributed by atoms with van der Waals surface area (Å²) in [5.41, 5.74) is 2.37. The molecule has 19 heavy (non-hydrogen) atoms. The van der Waals surface area contributed by atoms with Crippen molar-refractivity contribution in [1.29, 1.82) is 0 Å². The monoisotopic (exact) mass is 252 g/mol. The minimum Gasteiger partial charge on any atom is -0.341 e. The highest BCUT2D eigenvalue weighted by molar-refractivity contribution is 5.62. The fraction of sp³-hybridized carbons (Fsp3) is 0.235. The van der Waals surface area contributed by atoms with Gasteiger partial charge in [-0.3, -0.25) is 4.79 Å². The lowest BCUT2D eigenvalue weighted by molar-refractivity contribution is 0.547. The predicted molar refractivity (Wildman–Crippen MR) is 79.4 cm³/mol. The van der Waals surface area contributed by atoms with Crippen molar-refractivity contribution < 1.29 is 4.79 Å². The van der Waals surface area contributed by atoms with E-state index in [-0.39, 0.29) is 0 Å². The number of rotatable bonds is 7. The summed E-state index contributed by atoms with van der Waals surface area (Å²) in [7, 11) is 0. The normalized spacial score (nSPS) is 10.1. The molecule has 1 radical (unpaired) electrons. The van der Waals surface area contributed by atoms with E-state index in [1.54, 1.807) is 0 Å². The second-order valence-electron chi connectivity index (χ2n) is 4.42. The number of nitrogens with zero attached hydrogens (tertiary/aromatic N) is 1. The fourth-order valence-corrected chi connectivity index (χ4v) is 2.09. The minimum absolute atomic E-state index is 0.525. The highest BCUT2D eigenvalue weighted by atomic mass is 16.1. The Hall–Kier alpha value is -2.09. The Kier molecular flexibility index (Phi) is 5.17. The third kappa shape index (κ3) is 3.95. The third-order valence-corrected chi connectivity index (χ3v) is 3.05. The topological polar surface area (TPSA) is 20.3 Å². The lowest BCUT2D eigenvalue weighted by atomic mass is 10.2. The van der Waals surface area contributed by atoms with Crippen LogP contribution >= 0.6 is 0 Å². The van der Waals surface area contributed by atoms with Crippen LogP contribution in [-0.2, 0) is 4.79 Å². The number of hydrogen-bond donors (Lipinski definition) is 0. The van der Waals surface area contributed by atoms with Crippen molar-refractivity contribution in [3.8, 4) is 0 Å². The van der Waals surface area contributed by atoms with E-state index in [1.165, 1.54) is 11.4 Å². The molecule has 0 bridgehead atoms. The van der Waals surface area contributed by atoms with Gasteiger partial charge in [-0.25, -0.2) is 0 Å². The Balaban J connectivity index is 2.12. The Morgan fingerprint density at radius 3 is 1.79 bits per heavy atom. The molecule has 0 aliphatic rings. The molecule has 0 aliphatic heterocycles. The molecule has 0 aliphatic carbocycles. The van der Waals surface area contributed by atoms with Crippen LogP contribution in [0.1, 0.15) is 19.3 Å². The molecule has 0 unspecified atom stereocenters. The van der Waals surface area contributed by atoms with Crippen molar-refractivity contribution in [3.63, 3.8) is 0 Å². The molecule has 2 nitrogen and oxygen atoms in total. The van der Waals surface area contributed by atoms with Crippen LogP contribution in [0.2, 0.25) is 0 Å². The lowest BCUT2D eigenvalue weighted by Gasteiger charge is -2.25. The first-order valence-electron chi connectivity index (χ1n) is 6.64. The minimum atomic E-state index is 0.525. The molecule has 0 atom stereocenters. The number of unbranched alkanes of at least 4 members (excludes halogenated alkanes) is 2. The summed E-state index contributed by atoms with van der Waals surface area (Å²) in [4.78, 5) is 12.5. The van der Waals surface area contributed by atoms with E-state index in [0.717, 1.165) is 19.4 Å².